The minimum absolute atomic E-state index is 0. The molecule has 1 atom stereocenters. The van der Waals surface area contributed by atoms with Crippen molar-refractivity contribution in [3.8, 4) is 0 Å². The van der Waals surface area contributed by atoms with Crippen molar-refractivity contribution < 1.29 is 4.39 Å². The summed E-state index contributed by atoms with van der Waals surface area (Å²) in [5.74, 6) is 0. The molecule has 0 aromatic heterocycles. The van der Waals surface area contributed by atoms with Gasteiger partial charge >= 0.3 is 0 Å². The summed E-state index contributed by atoms with van der Waals surface area (Å²) in [4.78, 5) is 2.25. The summed E-state index contributed by atoms with van der Waals surface area (Å²) in [5.41, 5.74) is 3.55. The van der Waals surface area contributed by atoms with Crippen LogP contribution in [0.2, 0.25) is 0 Å². The fraction of sp³-hybridized carbons (Fsp3) is 0.571. The van der Waals surface area contributed by atoms with Crippen LogP contribution in [0, 0.1) is 13.8 Å². The zero-order valence-corrected chi connectivity index (χ0v) is 11.9. The highest BCUT2D eigenvalue weighted by Gasteiger charge is 2.23. The van der Waals surface area contributed by atoms with Gasteiger partial charge in [0.15, 0.2) is 0 Å². The van der Waals surface area contributed by atoms with Gasteiger partial charge in [-0.1, -0.05) is 23.8 Å². The van der Waals surface area contributed by atoms with Crippen LogP contribution in [0.4, 0.5) is 4.39 Å². The molecule has 1 N–H and O–H groups in total. The molecule has 0 spiro atoms. The Morgan fingerprint density at radius 3 is 2.56 bits per heavy atom. The SMILES string of the molecule is Cc1ccc(C)c([C@@H](CF)N2CCNCC2)c1.Cl. The van der Waals surface area contributed by atoms with Gasteiger partial charge in [-0.3, -0.25) is 4.90 Å². The Morgan fingerprint density at radius 1 is 1.28 bits per heavy atom. The molecule has 2 nitrogen and oxygen atoms in total. The van der Waals surface area contributed by atoms with Crippen LogP contribution in [0.1, 0.15) is 22.7 Å². The maximum absolute atomic E-state index is 13.4. The van der Waals surface area contributed by atoms with E-state index in [1.165, 1.54) is 11.1 Å². The normalized spacial score (nSPS) is 18.2. The van der Waals surface area contributed by atoms with Gasteiger partial charge in [0.2, 0.25) is 0 Å². The molecule has 0 unspecified atom stereocenters. The van der Waals surface area contributed by atoms with Crippen LogP contribution in [0.15, 0.2) is 18.2 Å². The molecule has 1 heterocycles. The third-order valence-electron chi connectivity index (χ3n) is 3.53. The number of nitrogens with zero attached hydrogens (tertiary/aromatic N) is 1. The maximum Gasteiger partial charge on any atom is 0.109 e. The number of nitrogens with one attached hydrogen (secondary N) is 1. The van der Waals surface area contributed by atoms with Gasteiger partial charge in [-0.15, -0.1) is 12.4 Å². The Balaban J connectivity index is 0.00000162. The van der Waals surface area contributed by atoms with Crippen molar-refractivity contribution in [3.63, 3.8) is 0 Å². The number of piperazine rings is 1. The quantitative estimate of drug-likeness (QED) is 0.910. The average molecular weight is 273 g/mol. The van der Waals surface area contributed by atoms with Gasteiger partial charge in [0, 0.05) is 26.2 Å². The molecule has 1 aliphatic heterocycles. The van der Waals surface area contributed by atoms with Gasteiger partial charge in [0.1, 0.15) is 6.67 Å². The van der Waals surface area contributed by atoms with Crippen molar-refractivity contribution in [1.29, 1.82) is 0 Å². The molecule has 2 rings (SSSR count). The summed E-state index contributed by atoms with van der Waals surface area (Å²) >= 11 is 0. The first-order valence-electron chi connectivity index (χ1n) is 6.30. The van der Waals surface area contributed by atoms with E-state index in [0.717, 1.165) is 31.7 Å². The number of rotatable bonds is 3. The summed E-state index contributed by atoms with van der Waals surface area (Å²) in [6.07, 6.45) is 0. The zero-order valence-electron chi connectivity index (χ0n) is 11.1. The molecule has 1 aliphatic rings. The van der Waals surface area contributed by atoms with E-state index in [4.69, 9.17) is 0 Å². The van der Waals surface area contributed by atoms with Crippen molar-refractivity contribution in [2.45, 2.75) is 19.9 Å². The Morgan fingerprint density at radius 2 is 1.94 bits per heavy atom. The molecule has 102 valence electrons. The molecule has 0 bridgehead atoms. The minimum Gasteiger partial charge on any atom is -0.314 e. The van der Waals surface area contributed by atoms with E-state index in [-0.39, 0.29) is 25.1 Å². The smallest absolute Gasteiger partial charge is 0.109 e. The van der Waals surface area contributed by atoms with E-state index >= 15 is 0 Å². The standard InChI is InChI=1S/C14H21FN2.ClH/c1-11-3-4-12(2)13(9-11)14(10-15)17-7-5-16-6-8-17;/h3-4,9,14,16H,5-8,10H2,1-2H3;1H/t14-;/m1./s1. The van der Waals surface area contributed by atoms with Gasteiger partial charge in [-0.05, 0) is 25.0 Å². The lowest BCUT2D eigenvalue weighted by Gasteiger charge is -2.34. The molecule has 18 heavy (non-hydrogen) atoms. The molecule has 1 saturated heterocycles. The van der Waals surface area contributed by atoms with Gasteiger partial charge in [-0.2, -0.15) is 0 Å². The van der Waals surface area contributed by atoms with E-state index < -0.39 is 0 Å². The van der Waals surface area contributed by atoms with E-state index in [1.807, 2.05) is 0 Å². The van der Waals surface area contributed by atoms with Gasteiger partial charge in [-0.25, -0.2) is 4.39 Å². The topological polar surface area (TPSA) is 15.3 Å². The number of aryl methyl sites for hydroxylation is 2. The molecule has 1 aromatic rings. The molecular formula is C14H22ClFN2. The van der Waals surface area contributed by atoms with Crippen LogP contribution >= 0.6 is 12.4 Å². The van der Waals surface area contributed by atoms with Crippen LogP contribution in [-0.4, -0.2) is 37.8 Å². The third kappa shape index (κ3) is 3.44. The van der Waals surface area contributed by atoms with Crippen LogP contribution in [0.3, 0.4) is 0 Å². The lowest BCUT2D eigenvalue weighted by Crippen LogP contribution is -2.45. The Bertz CT molecular complexity index is 378. The Kier molecular flexibility index (Phi) is 6.06. The molecule has 1 fully saturated rings. The van der Waals surface area contributed by atoms with E-state index in [9.17, 15) is 4.39 Å². The molecule has 1 aromatic carbocycles. The van der Waals surface area contributed by atoms with Crippen LogP contribution in [0.25, 0.3) is 0 Å². The fourth-order valence-electron chi connectivity index (χ4n) is 2.49. The first-order chi connectivity index (χ1) is 8.22. The maximum atomic E-state index is 13.4. The summed E-state index contributed by atoms with van der Waals surface area (Å²) < 4.78 is 13.4. The number of halogens is 2. The third-order valence-corrected chi connectivity index (χ3v) is 3.53. The second-order valence-corrected chi connectivity index (χ2v) is 4.82. The van der Waals surface area contributed by atoms with Crippen LogP contribution in [0.5, 0.6) is 0 Å². The summed E-state index contributed by atoms with van der Waals surface area (Å²) in [6.45, 7) is 7.62. The monoisotopic (exact) mass is 272 g/mol. The average Bonchev–Trinajstić information content (AvgIpc) is 2.36. The van der Waals surface area contributed by atoms with Crippen molar-refractivity contribution in [3.05, 3.63) is 34.9 Å². The van der Waals surface area contributed by atoms with Gasteiger partial charge in [0.25, 0.3) is 0 Å². The van der Waals surface area contributed by atoms with Gasteiger partial charge < -0.3 is 5.32 Å². The van der Waals surface area contributed by atoms with Crippen molar-refractivity contribution >= 4 is 12.4 Å². The molecule has 0 radical (unpaired) electrons. The number of alkyl halides is 1. The molecule has 0 aliphatic carbocycles. The fourth-order valence-corrected chi connectivity index (χ4v) is 2.49. The van der Waals surface area contributed by atoms with E-state index in [0.29, 0.717) is 0 Å². The van der Waals surface area contributed by atoms with Crippen molar-refractivity contribution in [2.75, 3.05) is 32.9 Å². The number of benzene rings is 1. The molecular weight excluding hydrogens is 251 g/mol. The Labute approximate surface area is 115 Å². The minimum atomic E-state index is -0.301. The second-order valence-electron chi connectivity index (χ2n) is 4.82. The van der Waals surface area contributed by atoms with Crippen molar-refractivity contribution in [2.24, 2.45) is 0 Å². The largest absolute Gasteiger partial charge is 0.314 e. The Hall–Kier alpha value is -0.640. The molecule has 4 heteroatoms. The molecule has 0 saturated carbocycles. The highest BCUT2D eigenvalue weighted by atomic mass is 35.5. The summed E-state index contributed by atoms with van der Waals surface area (Å²) in [5, 5.41) is 3.31. The number of hydrogen-bond acceptors (Lipinski definition) is 2. The van der Waals surface area contributed by atoms with E-state index in [2.05, 4.69) is 42.3 Å². The van der Waals surface area contributed by atoms with Gasteiger partial charge in [0.05, 0.1) is 6.04 Å². The summed E-state index contributed by atoms with van der Waals surface area (Å²) in [6, 6.07) is 6.24. The summed E-state index contributed by atoms with van der Waals surface area (Å²) in [7, 11) is 0. The van der Waals surface area contributed by atoms with E-state index in [1.54, 1.807) is 0 Å². The van der Waals surface area contributed by atoms with Crippen LogP contribution in [-0.2, 0) is 0 Å². The molecule has 0 amide bonds. The lowest BCUT2D eigenvalue weighted by molar-refractivity contribution is 0.147. The number of hydrogen-bond donors (Lipinski definition) is 1. The zero-order chi connectivity index (χ0) is 12.3. The highest BCUT2D eigenvalue weighted by molar-refractivity contribution is 5.85. The van der Waals surface area contributed by atoms with Crippen molar-refractivity contribution in [1.82, 2.24) is 10.2 Å². The highest BCUT2D eigenvalue weighted by Crippen LogP contribution is 2.25. The lowest BCUT2D eigenvalue weighted by atomic mass is 9.98. The van der Waals surface area contributed by atoms with Crippen LogP contribution < -0.4 is 5.32 Å². The first kappa shape index (κ1) is 15.4. The second kappa shape index (κ2) is 7.07. The predicted octanol–water partition coefficient (Wildman–Crippen LogP) is 2.64. The first-order valence-corrected chi connectivity index (χ1v) is 6.30. The predicted molar refractivity (Wildman–Crippen MR) is 76.3 cm³/mol.